The zero-order chi connectivity index (χ0) is 11.7. The smallest absolute Gasteiger partial charge is 0.294 e. The van der Waals surface area contributed by atoms with Crippen LogP contribution in [-0.4, -0.2) is 12.8 Å². The van der Waals surface area contributed by atoms with E-state index in [1.54, 1.807) is 0 Å². The van der Waals surface area contributed by atoms with Crippen LogP contribution < -0.4 is 9.47 Å². The lowest BCUT2D eigenvalue weighted by atomic mass is 10.1. The van der Waals surface area contributed by atoms with Crippen LogP contribution in [0.5, 0.6) is 11.5 Å². The fraction of sp³-hybridized carbons (Fsp3) is 0.364. The summed E-state index contributed by atoms with van der Waals surface area (Å²) in [5.74, 6) is 1.43. The van der Waals surface area contributed by atoms with Gasteiger partial charge >= 0.3 is 0 Å². The van der Waals surface area contributed by atoms with Crippen LogP contribution in [0.4, 0.5) is 0 Å². The number of hydrogen-bond donors (Lipinski definition) is 0. The third-order valence-corrected chi connectivity index (χ3v) is 3.12. The molecule has 0 amide bonds. The second-order valence-electron chi connectivity index (χ2n) is 3.46. The first kappa shape index (κ1) is 11.3. The summed E-state index contributed by atoms with van der Waals surface area (Å²) < 4.78 is 15.8. The number of carbonyl (C=O) groups is 1. The third kappa shape index (κ3) is 1.87. The first-order chi connectivity index (χ1) is 7.63. The molecule has 2 unspecified atom stereocenters. The lowest BCUT2D eigenvalue weighted by molar-refractivity contribution is -0.129. The van der Waals surface area contributed by atoms with Gasteiger partial charge in [0.2, 0.25) is 6.29 Å². The van der Waals surface area contributed by atoms with E-state index >= 15 is 0 Å². The summed E-state index contributed by atoms with van der Waals surface area (Å²) in [4.78, 5) is 10.3. The van der Waals surface area contributed by atoms with Crippen molar-refractivity contribution in [3.63, 3.8) is 0 Å². The molecule has 16 heavy (non-hydrogen) atoms. The van der Waals surface area contributed by atoms with Crippen molar-refractivity contribution in [1.29, 1.82) is 0 Å². The maximum Gasteiger partial charge on any atom is 0.294 e. The predicted molar refractivity (Wildman–Crippen MR) is 60.7 cm³/mol. The average molecular weight is 287 g/mol. The Bertz CT molecular complexity index is 419. The Balaban J connectivity index is 2.36. The van der Waals surface area contributed by atoms with Gasteiger partial charge in [-0.15, -0.1) is 0 Å². The van der Waals surface area contributed by atoms with Crippen molar-refractivity contribution in [3.05, 3.63) is 23.3 Å². The molecule has 1 aromatic carbocycles. The molecule has 5 heteroatoms. The van der Waals surface area contributed by atoms with E-state index in [-0.39, 0.29) is 6.29 Å². The van der Waals surface area contributed by atoms with Crippen molar-refractivity contribution in [2.45, 2.75) is 25.2 Å². The molecule has 0 spiro atoms. The third-order valence-electron chi connectivity index (χ3n) is 2.41. The van der Waals surface area contributed by atoms with Crippen molar-refractivity contribution in [3.8, 4) is 11.5 Å². The monoisotopic (exact) mass is 286 g/mol. The van der Waals surface area contributed by atoms with E-state index in [4.69, 9.17) is 14.2 Å². The summed E-state index contributed by atoms with van der Waals surface area (Å²) in [5.41, 5.74) is 1.76. The van der Waals surface area contributed by atoms with Crippen LogP contribution in [0.25, 0.3) is 0 Å². The summed E-state index contributed by atoms with van der Waals surface area (Å²) in [6.07, 6.45) is -0.273. The second-order valence-corrected chi connectivity index (χ2v) is 4.29. The van der Waals surface area contributed by atoms with Crippen LogP contribution in [-0.2, 0) is 9.53 Å². The molecule has 0 saturated heterocycles. The molecule has 1 heterocycles. The maximum absolute atomic E-state index is 10.3. The minimum atomic E-state index is -0.463. The van der Waals surface area contributed by atoms with Gasteiger partial charge in [0.15, 0.2) is 16.5 Å². The van der Waals surface area contributed by atoms with E-state index in [2.05, 4.69) is 15.9 Å². The van der Waals surface area contributed by atoms with Crippen LogP contribution in [0.15, 0.2) is 12.1 Å². The van der Waals surface area contributed by atoms with E-state index in [0.29, 0.717) is 12.2 Å². The van der Waals surface area contributed by atoms with Crippen LogP contribution in [0.2, 0.25) is 0 Å². The van der Waals surface area contributed by atoms with E-state index < -0.39 is 5.01 Å². The second kappa shape index (κ2) is 4.33. The highest BCUT2D eigenvalue weighted by atomic mass is 79.9. The fourth-order valence-electron chi connectivity index (χ4n) is 1.66. The SMILES string of the molecule is Cc1c(C(Br)OC=O)ccc2c1OC(C)O2. The Morgan fingerprint density at radius 2 is 2.25 bits per heavy atom. The van der Waals surface area contributed by atoms with Gasteiger partial charge in [-0.25, -0.2) is 0 Å². The van der Waals surface area contributed by atoms with Gasteiger partial charge in [0, 0.05) is 18.1 Å². The number of ether oxygens (including phenoxy) is 3. The number of alkyl halides is 1. The molecule has 0 bridgehead atoms. The Kier molecular flexibility index (Phi) is 3.05. The van der Waals surface area contributed by atoms with Crippen LogP contribution in [0.3, 0.4) is 0 Å². The zero-order valence-electron chi connectivity index (χ0n) is 8.90. The highest BCUT2D eigenvalue weighted by Crippen LogP contribution is 2.42. The molecular weight excluding hydrogens is 276 g/mol. The standard InChI is InChI=1S/C11H11BrO4/c1-6-8(11(12)14-5-13)3-4-9-10(6)16-7(2)15-9/h3-5,7,11H,1-2H3. The quantitative estimate of drug-likeness (QED) is 0.633. The number of benzene rings is 1. The van der Waals surface area contributed by atoms with E-state index in [1.807, 2.05) is 26.0 Å². The lowest BCUT2D eigenvalue weighted by Gasteiger charge is -2.12. The molecule has 2 atom stereocenters. The maximum atomic E-state index is 10.3. The summed E-state index contributed by atoms with van der Waals surface area (Å²) in [5, 5.41) is -0.463. The highest BCUT2D eigenvalue weighted by molar-refractivity contribution is 9.09. The number of fused-ring (bicyclic) bond motifs is 1. The highest BCUT2D eigenvalue weighted by Gasteiger charge is 2.25. The molecule has 1 aromatic rings. The number of carbonyl (C=O) groups excluding carboxylic acids is 1. The van der Waals surface area contributed by atoms with Gasteiger partial charge in [-0.05, 0) is 28.9 Å². The largest absolute Gasteiger partial charge is 0.451 e. The predicted octanol–water partition coefficient (Wildman–Crippen LogP) is 2.68. The molecule has 1 aliphatic rings. The normalized spacial score (nSPS) is 19.3. The Morgan fingerprint density at radius 1 is 1.50 bits per heavy atom. The lowest BCUT2D eigenvalue weighted by Crippen LogP contribution is -2.11. The molecule has 2 rings (SSSR count). The van der Waals surface area contributed by atoms with Crippen molar-refractivity contribution < 1.29 is 19.0 Å². The van der Waals surface area contributed by atoms with Gasteiger partial charge in [0.05, 0.1) is 0 Å². The molecule has 1 aliphatic heterocycles. The van der Waals surface area contributed by atoms with Crippen molar-refractivity contribution >= 4 is 22.4 Å². The summed E-state index contributed by atoms with van der Waals surface area (Å²) >= 11 is 3.27. The van der Waals surface area contributed by atoms with Gasteiger partial charge < -0.3 is 14.2 Å². The van der Waals surface area contributed by atoms with Gasteiger partial charge in [0.1, 0.15) is 0 Å². The Morgan fingerprint density at radius 3 is 2.94 bits per heavy atom. The summed E-state index contributed by atoms with van der Waals surface area (Å²) in [6, 6.07) is 3.65. The first-order valence-electron chi connectivity index (χ1n) is 4.83. The minimum absolute atomic E-state index is 0.273. The van der Waals surface area contributed by atoms with E-state index in [9.17, 15) is 4.79 Å². The molecule has 0 fully saturated rings. The van der Waals surface area contributed by atoms with E-state index in [1.165, 1.54) is 0 Å². The fourth-order valence-corrected chi connectivity index (χ4v) is 2.24. The molecule has 0 N–H and O–H groups in total. The van der Waals surface area contributed by atoms with Gasteiger partial charge in [0.25, 0.3) is 6.47 Å². The number of rotatable bonds is 3. The molecule has 0 aromatic heterocycles. The number of hydrogen-bond acceptors (Lipinski definition) is 4. The Hall–Kier alpha value is -1.23. The van der Waals surface area contributed by atoms with Crippen molar-refractivity contribution in [2.75, 3.05) is 0 Å². The molecule has 4 nitrogen and oxygen atoms in total. The molecule has 0 saturated carbocycles. The molecule has 0 aliphatic carbocycles. The van der Waals surface area contributed by atoms with Gasteiger partial charge in [-0.1, -0.05) is 6.07 Å². The van der Waals surface area contributed by atoms with Gasteiger partial charge in [-0.3, -0.25) is 4.79 Å². The van der Waals surface area contributed by atoms with Crippen molar-refractivity contribution in [1.82, 2.24) is 0 Å². The zero-order valence-corrected chi connectivity index (χ0v) is 10.5. The summed E-state index contributed by atoms with van der Waals surface area (Å²) in [6.45, 7) is 4.14. The molecular formula is C11H11BrO4. The molecule has 0 radical (unpaired) electrons. The van der Waals surface area contributed by atoms with Gasteiger partial charge in [-0.2, -0.15) is 0 Å². The van der Waals surface area contributed by atoms with Crippen molar-refractivity contribution in [2.24, 2.45) is 0 Å². The Labute approximate surface area is 102 Å². The average Bonchev–Trinajstić information content (AvgIpc) is 2.60. The first-order valence-corrected chi connectivity index (χ1v) is 5.75. The van der Waals surface area contributed by atoms with E-state index in [0.717, 1.165) is 16.9 Å². The minimum Gasteiger partial charge on any atom is -0.451 e. The van der Waals surface area contributed by atoms with Crippen LogP contribution >= 0.6 is 15.9 Å². The summed E-state index contributed by atoms with van der Waals surface area (Å²) in [7, 11) is 0. The van der Waals surface area contributed by atoms with Crippen LogP contribution in [0.1, 0.15) is 23.1 Å². The molecule has 86 valence electrons. The number of halogens is 1. The van der Waals surface area contributed by atoms with Crippen LogP contribution in [0, 0.1) is 6.92 Å². The topological polar surface area (TPSA) is 44.8 Å².